The summed E-state index contributed by atoms with van der Waals surface area (Å²) in [6, 6.07) is 27.1. The second-order valence-corrected chi connectivity index (χ2v) is 9.85. The first-order valence-corrected chi connectivity index (χ1v) is 13.1. The number of ether oxygens (including phenoxy) is 3. The third-order valence-corrected chi connectivity index (χ3v) is 6.19. The van der Waals surface area contributed by atoms with Gasteiger partial charge in [-0.25, -0.2) is 0 Å². The number of hydrogen-bond acceptors (Lipinski definition) is 3. The van der Waals surface area contributed by atoms with E-state index in [1.807, 2.05) is 18.2 Å². The summed E-state index contributed by atoms with van der Waals surface area (Å²) < 4.78 is 18.3. The first-order chi connectivity index (χ1) is 16.6. The minimum atomic E-state index is 0. The van der Waals surface area contributed by atoms with Crippen LogP contribution in [0.3, 0.4) is 0 Å². The number of halogens is 2. The molecule has 0 N–H and O–H groups in total. The number of likely N-dealkylation sites (N-methyl/N-ethyl adjacent to an activating group) is 1. The number of unbranched alkanes of at least 4 members (excludes halogenated alkanes) is 1. The van der Waals surface area contributed by atoms with Gasteiger partial charge in [0, 0.05) is 10.9 Å². The van der Waals surface area contributed by atoms with E-state index in [0.29, 0.717) is 19.8 Å². The van der Waals surface area contributed by atoms with Gasteiger partial charge >= 0.3 is 0 Å². The fraction of sp³-hybridized carbons (Fsp3) is 0.379. The van der Waals surface area contributed by atoms with Crippen molar-refractivity contribution in [2.24, 2.45) is 0 Å². The van der Waals surface area contributed by atoms with E-state index in [1.54, 1.807) is 0 Å². The van der Waals surface area contributed by atoms with Crippen LogP contribution >= 0.6 is 15.9 Å². The van der Waals surface area contributed by atoms with E-state index in [1.165, 1.54) is 16.7 Å². The third kappa shape index (κ3) is 11.2. The zero-order valence-electron chi connectivity index (χ0n) is 20.8. The van der Waals surface area contributed by atoms with Crippen molar-refractivity contribution in [3.8, 4) is 22.6 Å². The molecule has 0 heterocycles. The van der Waals surface area contributed by atoms with Crippen molar-refractivity contribution in [2.75, 3.05) is 52.4 Å². The number of quaternary nitrogens is 1. The Labute approximate surface area is 229 Å². The zero-order valence-corrected chi connectivity index (χ0v) is 24.0. The van der Waals surface area contributed by atoms with E-state index in [2.05, 4.69) is 90.7 Å². The molecule has 0 radical (unpaired) electrons. The molecule has 0 aliphatic rings. The lowest BCUT2D eigenvalue weighted by Gasteiger charge is -2.29. The fourth-order valence-corrected chi connectivity index (χ4v) is 4.05. The van der Waals surface area contributed by atoms with Gasteiger partial charge in [-0.1, -0.05) is 58.4 Å². The molecule has 0 amide bonds. The second kappa shape index (κ2) is 16.0. The molecule has 0 bridgehead atoms. The van der Waals surface area contributed by atoms with Crippen molar-refractivity contribution in [1.82, 2.24) is 0 Å². The van der Waals surface area contributed by atoms with Crippen molar-refractivity contribution in [3.05, 3.63) is 84.4 Å². The molecule has 0 saturated carbocycles. The number of nitrogens with zero attached hydrogens (tertiary/aromatic N) is 1. The number of hydrogen-bond donors (Lipinski definition) is 0. The average Bonchev–Trinajstić information content (AvgIpc) is 2.86. The Bertz CT molecular complexity index is 948. The molecule has 35 heavy (non-hydrogen) atoms. The minimum absolute atomic E-state index is 0. The second-order valence-electron chi connectivity index (χ2n) is 9.06. The summed E-state index contributed by atoms with van der Waals surface area (Å²) in [6.07, 6.45) is 2.21. The predicted octanol–water partition coefficient (Wildman–Crippen LogP) is 3.58. The summed E-state index contributed by atoms with van der Waals surface area (Å²) >= 11 is 3.45. The van der Waals surface area contributed by atoms with Crippen molar-refractivity contribution < 1.29 is 35.7 Å². The van der Waals surface area contributed by atoms with Crippen LogP contribution in [0.25, 0.3) is 11.1 Å². The van der Waals surface area contributed by atoms with Gasteiger partial charge in [-0.05, 0) is 60.4 Å². The lowest BCUT2D eigenvalue weighted by atomic mass is 10.1. The normalized spacial score (nSPS) is 11.1. The van der Waals surface area contributed by atoms with Crippen LogP contribution in [0, 0.1) is 0 Å². The Kier molecular flexibility index (Phi) is 13.4. The maximum absolute atomic E-state index is 5.84. The van der Waals surface area contributed by atoms with Crippen LogP contribution in [0.1, 0.15) is 18.4 Å². The average molecular weight is 607 g/mol. The molecule has 3 rings (SSSR count). The molecule has 0 saturated heterocycles. The number of benzene rings is 3. The molecular weight excluding hydrogens is 570 g/mol. The summed E-state index contributed by atoms with van der Waals surface area (Å²) in [5.74, 6) is 1.82. The van der Waals surface area contributed by atoms with E-state index in [4.69, 9.17) is 14.2 Å². The molecule has 0 unspecified atom stereocenters. The summed E-state index contributed by atoms with van der Waals surface area (Å²) in [5, 5.41) is 1.03. The largest absolute Gasteiger partial charge is 1.00 e. The Hall–Kier alpha value is -1.86. The van der Waals surface area contributed by atoms with Gasteiger partial charge in [0.05, 0.1) is 33.9 Å². The maximum atomic E-state index is 5.84. The molecule has 0 fully saturated rings. The van der Waals surface area contributed by atoms with Crippen molar-refractivity contribution in [2.45, 2.75) is 19.4 Å². The van der Waals surface area contributed by atoms with Crippen molar-refractivity contribution >= 4 is 15.9 Å². The highest BCUT2D eigenvalue weighted by Crippen LogP contribution is 2.22. The Morgan fingerprint density at radius 1 is 0.657 bits per heavy atom. The summed E-state index contributed by atoms with van der Waals surface area (Å²) in [7, 11) is 4.47. The lowest BCUT2D eigenvalue weighted by Crippen LogP contribution is -3.00. The highest BCUT2D eigenvalue weighted by molar-refractivity contribution is 9.09. The Morgan fingerprint density at radius 2 is 1.26 bits per heavy atom. The van der Waals surface area contributed by atoms with Gasteiger partial charge in [0.25, 0.3) is 0 Å². The van der Waals surface area contributed by atoms with Gasteiger partial charge in [0.2, 0.25) is 0 Å². The molecule has 3 aromatic rings. The molecule has 0 spiro atoms. The van der Waals surface area contributed by atoms with Crippen LogP contribution in [0.15, 0.2) is 78.9 Å². The van der Waals surface area contributed by atoms with Crippen LogP contribution in [0.2, 0.25) is 0 Å². The van der Waals surface area contributed by atoms with Crippen molar-refractivity contribution in [1.29, 1.82) is 0 Å². The van der Waals surface area contributed by atoms with Gasteiger partial charge < -0.3 is 35.7 Å². The summed E-state index contributed by atoms with van der Waals surface area (Å²) in [4.78, 5) is 0. The molecule has 3 aromatic carbocycles. The van der Waals surface area contributed by atoms with E-state index >= 15 is 0 Å². The van der Waals surface area contributed by atoms with E-state index in [9.17, 15) is 0 Å². The smallest absolute Gasteiger partial charge is 0.119 e. The van der Waals surface area contributed by atoms with Crippen LogP contribution in [0.5, 0.6) is 11.5 Å². The highest BCUT2D eigenvalue weighted by Gasteiger charge is 2.15. The first-order valence-electron chi connectivity index (χ1n) is 12.0. The predicted molar refractivity (Wildman–Crippen MR) is 144 cm³/mol. The molecule has 6 heteroatoms. The van der Waals surface area contributed by atoms with Gasteiger partial charge in [-0.2, -0.15) is 0 Å². The highest BCUT2D eigenvalue weighted by atomic mass is 79.9. The lowest BCUT2D eigenvalue weighted by molar-refractivity contribution is -0.904. The SMILES string of the molecule is C[N+](C)(CCOCCOc1ccc(-c2ccccc2)cc1)Cc1ccc(OCCCCBr)cc1.[Br-]. The Balaban J connectivity index is 0.00000432. The third-order valence-electron chi connectivity index (χ3n) is 5.63. The van der Waals surface area contributed by atoms with Crippen molar-refractivity contribution in [3.63, 3.8) is 0 Å². The molecular formula is C29H37Br2NO3. The van der Waals surface area contributed by atoms with Gasteiger partial charge in [0.1, 0.15) is 31.2 Å². The van der Waals surface area contributed by atoms with Gasteiger partial charge in [-0.15, -0.1) is 0 Å². The molecule has 0 aliphatic heterocycles. The standard InChI is InChI=1S/C29H37BrNO3.BrH/c1-31(2,24-25-10-14-28(15-11-25)33-20-7-6-18-30)19-21-32-22-23-34-29-16-12-27(13-17-29)26-8-4-3-5-9-26;/h3-5,8-17H,6-7,18-24H2,1-2H3;1H/q+1;/p-1. The Morgan fingerprint density at radius 3 is 1.91 bits per heavy atom. The topological polar surface area (TPSA) is 27.7 Å². The molecule has 4 nitrogen and oxygen atoms in total. The maximum Gasteiger partial charge on any atom is 0.119 e. The monoisotopic (exact) mass is 605 g/mol. The molecule has 0 atom stereocenters. The zero-order chi connectivity index (χ0) is 24.1. The van der Waals surface area contributed by atoms with Crippen LogP contribution in [0.4, 0.5) is 0 Å². The van der Waals surface area contributed by atoms with Crippen LogP contribution in [-0.2, 0) is 11.3 Å². The number of rotatable bonds is 15. The fourth-order valence-electron chi connectivity index (χ4n) is 3.66. The summed E-state index contributed by atoms with van der Waals surface area (Å²) in [5.41, 5.74) is 3.71. The van der Waals surface area contributed by atoms with Gasteiger partial charge in [-0.3, -0.25) is 0 Å². The van der Waals surface area contributed by atoms with Gasteiger partial charge in [0.15, 0.2) is 0 Å². The molecule has 0 aromatic heterocycles. The first kappa shape index (κ1) is 29.4. The number of alkyl halides is 1. The molecule has 190 valence electrons. The van der Waals surface area contributed by atoms with Crippen LogP contribution < -0.4 is 26.5 Å². The van der Waals surface area contributed by atoms with E-state index in [0.717, 1.165) is 53.9 Å². The molecule has 0 aliphatic carbocycles. The minimum Gasteiger partial charge on any atom is -1.00 e. The van der Waals surface area contributed by atoms with Crippen LogP contribution in [-0.4, -0.2) is 56.9 Å². The quantitative estimate of drug-likeness (QED) is 0.150. The van der Waals surface area contributed by atoms with E-state index < -0.39 is 0 Å². The van der Waals surface area contributed by atoms with E-state index in [-0.39, 0.29) is 17.0 Å². The summed E-state index contributed by atoms with van der Waals surface area (Å²) in [6.45, 7) is 4.51.